The molecule has 4 nitrogen and oxygen atoms in total. The lowest BCUT2D eigenvalue weighted by Gasteiger charge is -2.25. The molecule has 126 valence electrons. The van der Waals surface area contributed by atoms with E-state index in [1.807, 2.05) is 24.3 Å². The molecule has 0 spiro atoms. The molecule has 6 heteroatoms. The van der Waals surface area contributed by atoms with Crippen molar-refractivity contribution in [3.8, 4) is 11.5 Å². The first kappa shape index (κ1) is 16.9. The minimum atomic E-state index is -0.760. The molecule has 1 unspecified atom stereocenters. The van der Waals surface area contributed by atoms with Crippen LogP contribution in [0, 0.1) is 0 Å². The largest absolute Gasteiger partial charge is 0.481 e. The van der Waals surface area contributed by atoms with Gasteiger partial charge >= 0.3 is 5.97 Å². The smallest absolute Gasteiger partial charge is 0.305 e. The maximum Gasteiger partial charge on any atom is 0.305 e. The van der Waals surface area contributed by atoms with E-state index in [0.717, 1.165) is 25.1 Å². The second-order valence-corrected chi connectivity index (χ2v) is 6.60. The van der Waals surface area contributed by atoms with Gasteiger partial charge < -0.3 is 14.7 Å². The number of halogens is 2. The molecular formula is C18H17Cl2NO3. The summed E-state index contributed by atoms with van der Waals surface area (Å²) >= 11 is 12.0. The first-order chi connectivity index (χ1) is 11.5. The van der Waals surface area contributed by atoms with Crippen LogP contribution in [-0.2, 0) is 4.79 Å². The lowest BCUT2D eigenvalue weighted by molar-refractivity contribution is -0.137. The number of hydrogen-bond donors (Lipinski definition) is 1. The average molecular weight is 366 g/mol. The van der Waals surface area contributed by atoms with Gasteiger partial charge in [-0.25, -0.2) is 0 Å². The minimum absolute atomic E-state index is 0.0555. The van der Waals surface area contributed by atoms with Gasteiger partial charge in [0.15, 0.2) is 0 Å². The van der Waals surface area contributed by atoms with Crippen molar-refractivity contribution in [3.05, 3.63) is 52.5 Å². The Morgan fingerprint density at radius 3 is 2.62 bits per heavy atom. The summed E-state index contributed by atoms with van der Waals surface area (Å²) in [4.78, 5) is 13.1. The number of carbonyl (C=O) groups is 1. The van der Waals surface area contributed by atoms with Crippen LogP contribution in [0.1, 0.15) is 19.3 Å². The van der Waals surface area contributed by atoms with Gasteiger partial charge in [-0.05, 0) is 55.3 Å². The number of benzene rings is 2. The van der Waals surface area contributed by atoms with Gasteiger partial charge in [0.05, 0.1) is 11.4 Å². The fraction of sp³-hybridized carbons (Fsp3) is 0.278. The van der Waals surface area contributed by atoms with Crippen LogP contribution in [-0.4, -0.2) is 23.7 Å². The summed E-state index contributed by atoms with van der Waals surface area (Å²) in [7, 11) is 0. The summed E-state index contributed by atoms with van der Waals surface area (Å²) in [5, 5.41) is 10.0. The highest BCUT2D eigenvalue weighted by Crippen LogP contribution is 2.33. The van der Waals surface area contributed by atoms with Crippen molar-refractivity contribution >= 4 is 34.9 Å². The molecule has 0 aromatic heterocycles. The molecular weight excluding hydrogens is 349 g/mol. The van der Waals surface area contributed by atoms with Crippen molar-refractivity contribution < 1.29 is 14.6 Å². The molecule has 1 heterocycles. The van der Waals surface area contributed by atoms with E-state index in [1.54, 1.807) is 18.2 Å². The summed E-state index contributed by atoms with van der Waals surface area (Å²) in [5.41, 5.74) is 1.01. The molecule has 0 radical (unpaired) electrons. The van der Waals surface area contributed by atoms with E-state index < -0.39 is 5.97 Å². The monoisotopic (exact) mass is 365 g/mol. The molecule has 3 rings (SSSR count). The molecule has 1 fully saturated rings. The van der Waals surface area contributed by atoms with Gasteiger partial charge in [0.1, 0.15) is 11.5 Å². The lowest BCUT2D eigenvalue weighted by atomic mass is 10.1. The molecule has 0 amide bonds. The van der Waals surface area contributed by atoms with E-state index in [2.05, 4.69) is 4.90 Å². The average Bonchev–Trinajstić information content (AvgIpc) is 2.98. The summed E-state index contributed by atoms with van der Waals surface area (Å²) < 4.78 is 5.77. The van der Waals surface area contributed by atoms with E-state index in [0.29, 0.717) is 21.5 Å². The number of aliphatic carboxylic acids is 1. The fourth-order valence-electron chi connectivity index (χ4n) is 2.98. The third-order valence-electron chi connectivity index (χ3n) is 4.08. The van der Waals surface area contributed by atoms with Crippen LogP contribution >= 0.6 is 23.2 Å². The topological polar surface area (TPSA) is 49.8 Å². The maximum absolute atomic E-state index is 11.0. The van der Waals surface area contributed by atoms with Gasteiger partial charge in [0.25, 0.3) is 0 Å². The molecule has 0 saturated carbocycles. The van der Waals surface area contributed by atoms with Crippen LogP contribution < -0.4 is 9.64 Å². The standard InChI is InChI=1S/C18H17Cl2NO3/c19-12-3-8-17(16(20)10-12)24-15-6-4-13(5-7-15)21-9-1-2-14(21)11-18(22)23/h3-8,10,14H,1-2,9,11H2,(H,22,23). The van der Waals surface area contributed by atoms with Crippen LogP contribution in [0.25, 0.3) is 0 Å². The van der Waals surface area contributed by atoms with Gasteiger partial charge in [0, 0.05) is 23.3 Å². The van der Waals surface area contributed by atoms with Crippen molar-refractivity contribution in [1.29, 1.82) is 0 Å². The lowest BCUT2D eigenvalue weighted by Crippen LogP contribution is -2.31. The van der Waals surface area contributed by atoms with Crippen molar-refractivity contribution in [3.63, 3.8) is 0 Å². The molecule has 0 aliphatic carbocycles. The molecule has 2 aromatic rings. The van der Waals surface area contributed by atoms with Gasteiger partial charge in [-0.3, -0.25) is 4.79 Å². The summed E-state index contributed by atoms with van der Waals surface area (Å²) in [5.74, 6) is 0.444. The molecule has 1 saturated heterocycles. The minimum Gasteiger partial charge on any atom is -0.481 e. The van der Waals surface area contributed by atoms with Crippen molar-refractivity contribution in [2.75, 3.05) is 11.4 Å². The van der Waals surface area contributed by atoms with Crippen LogP contribution in [0.2, 0.25) is 10.0 Å². The van der Waals surface area contributed by atoms with Crippen LogP contribution in [0.3, 0.4) is 0 Å². The predicted octanol–water partition coefficient (Wildman–Crippen LogP) is 5.23. The second-order valence-electron chi connectivity index (χ2n) is 5.76. The van der Waals surface area contributed by atoms with Gasteiger partial charge in [-0.1, -0.05) is 23.2 Å². The van der Waals surface area contributed by atoms with E-state index >= 15 is 0 Å². The van der Waals surface area contributed by atoms with E-state index in [-0.39, 0.29) is 12.5 Å². The zero-order chi connectivity index (χ0) is 17.1. The van der Waals surface area contributed by atoms with Crippen molar-refractivity contribution in [2.24, 2.45) is 0 Å². The third kappa shape index (κ3) is 3.94. The van der Waals surface area contributed by atoms with Crippen molar-refractivity contribution in [2.45, 2.75) is 25.3 Å². The van der Waals surface area contributed by atoms with E-state index in [4.69, 9.17) is 33.0 Å². The predicted molar refractivity (Wildman–Crippen MR) is 95.6 cm³/mol. The van der Waals surface area contributed by atoms with Crippen LogP contribution in [0.5, 0.6) is 11.5 Å². The Morgan fingerprint density at radius 2 is 1.96 bits per heavy atom. The van der Waals surface area contributed by atoms with E-state index in [1.165, 1.54) is 0 Å². The Hall–Kier alpha value is -1.91. The van der Waals surface area contributed by atoms with Crippen LogP contribution in [0.15, 0.2) is 42.5 Å². The molecule has 24 heavy (non-hydrogen) atoms. The highest BCUT2D eigenvalue weighted by molar-refractivity contribution is 6.35. The normalized spacial score (nSPS) is 17.1. The van der Waals surface area contributed by atoms with Crippen LogP contribution in [0.4, 0.5) is 5.69 Å². The fourth-order valence-corrected chi connectivity index (χ4v) is 3.43. The Morgan fingerprint density at radius 1 is 1.21 bits per heavy atom. The van der Waals surface area contributed by atoms with Gasteiger partial charge in [-0.15, -0.1) is 0 Å². The van der Waals surface area contributed by atoms with Crippen molar-refractivity contribution in [1.82, 2.24) is 0 Å². The molecule has 0 bridgehead atoms. The SMILES string of the molecule is O=C(O)CC1CCCN1c1ccc(Oc2ccc(Cl)cc2Cl)cc1. The number of carboxylic acid groups (broad SMARTS) is 1. The Bertz CT molecular complexity index is 734. The number of hydrogen-bond acceptors (Lipinski definition) is 3. The van der Waals surface area contributed by atoms with Gasteiger partial charge in [-0.2, -0.15) is 0 Å². The third-order valence-corrected chi connectivity index (χ3v) is 4.61. The molecule has 1 atom stereocenters. The second kappa shape index (κ2) is 7.32. The molecule has 2 aromatic carbocycles. The summed E-state index contributed by atoms with van der Waals surface area (Å²) in [6.07, 6.45) is 2.08. The quantitative estimate of drug-likeness (QED) is 0.787. The number of rotatable bonds is 5. The highest BCUT2D eigenvalue weighted by Gasteiger charge is 2.26. The zero-order valence-electron chi connectivity index (χ0n) is 12.9. The van der Waals surface area contributed by atoms with Gasteiger partial charge in [0.2, 0.25) is 0 Å². The number of nitrogens with zero attached hydrogens (tertiary/aromatic N) is 1. The summed E-state index contributed by atoms with van der Waals surface area (Å²) in [6, 6.07) is 12.7. The zero-order valence-corrected chi connectivity index (χ0v) is 14.4. The number of anilines is 1. The molecule has 1 aliphatic heterocycles. The molecule has 1 aliphatic rings. The first-order valence-corrected chi connectivity index (χ1v) is 8.50. The first-order valence-electron chi connectivity index (χ1n) is 7.74. The Kier molecular flexibility index (Phi) is 5.17. The number of carboxylic acids is 1. The molecule has 1 N–H and O–H groups in total. The highest BCUT2D eigenvalue weighted by atomic mass is 35.5. The maximum atomic E-state index is 11.0. The number of ether oxygens (including phenoxy) is 1. The Balaban J connectivity index is 1.72. The Labute approximate surface area is 150 Å². The van der Waals surface area contributed by atoms with E-state index in [9.17, 15) is 4.79 Å². The summed E-state index contributed by atoms with van der Waals surface area (Å²) in [6.45, 7) is 0.876.